The van der Waals surface area contributed by atoms with E-state index in [-0.39, 0.29) is 16.3 Å². The third-order valence-electron chi connectivity index (χ3n) is 2.74. The second-order valence-corrected chi connectivity index (χ2v) is 8.98. The van der Waals surface area contributed by atoms with Gasteiger partial charge >= 0.3 is 0 Å². The number of sulfonamides is 2. The molecule has 7 nitrogen and oxygen atoms in total. The molecule has 0 saturated carbocycles. The fourth-order valence-corrected chi connectivity index (χ4v) is 3.16. The Morgan fingerprint density at radius 1 is 0.957 bits per heavy atom. The van der Waals surface area contributed by atoms with Crippen LogP contribution in [0, 0.1) is 0 Å². The molecule has 0 atom stereocenters. The van der Waals surface area contributed by atoms with Gasteiger partial charge in [-0.3, -0.25) is 4.72 Å². The monoisotopic (exact) mass is 419 g/mol. The first kappa shape index (κ1) is 17.7. The molecule has 0 aliphatic heterocycles. The number of rotatable bonds is 5. The first-order valence-electron chi connectivity index (χ1n) is 6.22. The van der Waals surface area contributed by atoms with Gasteiger partial charge in [0.05, 0.1) is 22.5 Å². The van der Waals surface area contributed by atoms with Crippen molar-refractivity contribution in [3.05, 3.63) is 46.9 Å². The van der Waals surface area contributed by atoms with Crippen molar-refractivity contribution in [1.29, 1.82) is 0 Å². The number of halogens is 1. The lowest BCUT2D eigenvalue weighted by Gasteiger charge is -2.14. The lowest BCUT2D eigenvalue weighted by Crippen LogP contribution is -2.14. The number of primary sulfonamides is 1. The number of anilines is 3. The molecule has 0 radical (unpaired) electrons. The highest BCUT2D eigenvalue weighted by Gasteiger charge is 2.14. The first-order valence-corrected chi connectivity index (χ1v) is 10.4. The Morgan fingerprint density at radius 3 is 2.09 bits per heavy atom. The topological polar surface area (TPSA) is 118 Å². The number of hydrogen-bond donors (Lipinski definition) is 3. The number of hydrogen-bond acceptors (Lipinski definition) is 5. The van der Waals surface area contributed by atoms with Crippen molar-refractivity contribution in [3.63, 3.8) is 0 Å². The van der Waals surface area contributed by atoms with Gasteiger partial charge in [-0.2, -0.15) is 0 Å². The predicted molar refractivity (Wildman–Crippen MR) is 93.7 cm³/mol. The number of nitrogens with one attached hydrogen (secondary N) is 2. The first-order chi connectivity index (χ1) is 10.5. The standard InChI is InChI=1S/C13H14BrN3O4S2/c1-22(18,19)17-12-7-6-11(23(15,20)21)8-13(12)16-10-4-2-9(14)3-5-10/h2-8,16-17H,1H3,(H2,15,20,21). The Morgan fingerprint density at radius 2 is 1.57 bits per heavy atom. The second kappa shape index (κ2) is 6.48. The highest BCUT2D eigenvalue weighted by molar-refractivity contribution is 9.10. The second-order valence-electron chi connectivity index (χ2n) is 4.76. The Bertz CT molecular complexity index is 926. The summed E-state index contributed by atoms with van der Waals surface area (Å²) in [7, 11) is -7.43. The zero-order valence-electron chi connectivity index (χ0n) is 11.9. The van der Waals surface area contributed by atoms with Gasteiger partial charge in [0.25, 0.3) is 0 Å². The van der Waals surface area contributed by atoms with Gasteiger partial charge in [-0.1, -0.05) is 15.9 Å². The maximum absolute atomic E-state index is 11.5. The zero-order chi connectivity index (χ0) is 17.3. The van der Waals surface area contributed by atoms with Crippen LogP contribution in [-0.2, 0) is 20.0 Å². The van der Waals surface area contributed by atoms with E-state index in [1.54, 1.807) is 24.3 Å². The van der Waals surface area contributed by atoms with Crippen LogP contribution in [0.5, 0.6) is 0 Å². The summed E-state index contributed by atoms with van der Waals surface area (Å²) in [5, 5.41) is 8.08. The average molecular weight is 420 g/mol. The molecular weight excluding hydrogens is 406 g/mol. The largest absolute Gasteiger partial charge is 0.354 e. The highest BCUT2D eigenvalue weighted by Crippen LogP contribution is 2.29. The van der Waals surface area contributed by atoms with Crippen LogP contribution in [0.25, 0.3) is 0 Å². The molecule has 0 saturated heterocycles. The van der Waals surface area contributed by atoms with Crippen molar-refractivity contribution in [3.8, 4) is 0 Å². The molecule has 0 aliphatic carbocycles. The summed E-state index contributed by atoms with van der Waals surface area (Å²) < 4.78 is 49.1. The number of nitrogens with two attached hydrogens (primary N) is 1. The van der Waals surface area contributed by atoms with Crippen LogP contribution in [0.1, 0.15) is 0 Å². The van der Waals surface area contributed by atoms with Gasteiger partial charge in [0.15, 0.2) is 0 Å². The molecule has 4 N–H and O–H groups in total. The van der Waals surface area contributed by atoms with Gasteiger partial charge in [0.2, 0.25) is 20.0 Å². The third kappa shape index (κ3) is 5.20. The third-order valence-corrected chi connectivity index (χ3v) is 4.77. The van der Waals surface area contributed by atoms with Crippen LogP contribution in [0.15, 0.2) is 51.8 Å². The van der Waals surface area contributed by atoms with Crippen molar-refractivity contribution in [2.24, 2.45) is 5.14 Å². The Kier molecular flexibility index (Phi) is 4.99. The Labute approximate surface area is 143 Å². The van der Waals surface area contributed by atoms with Crippen LogP contribution < -0.4 is 15.2 Å². The van der Waals surface area contributed by atoms with E-state index in [9.17, 15) is 16.8 Å². The fraction of sp³-hybridized carbons (Fsp3) is 0.0769. The molecule has 2 rings (SSSR count). The minimum atomic E-state index is -3.91. The quantitative estimate of drug-likeness (QED) is 0.686. The van der Waals surface area contributed by atoms with Gasteiger partial charge in [0.1, 0.15) is 0 Å². The zero-order valence-corrected chi connectivity index (χ0v) is 15.2. The maximum Gasteiger partial charge on any atom is 0.238 e. The smallest absolute Gasteiger partial charge is 0.238 e. The van der Waals surface area contributed by atoms with E-state index in [2.05, 4.69) is 26.0 Å². The molecule has 0 aromatic heterocycles. The molecule has 2 aromatic carbocycles. The molecule has 0 amide bonds. The fourth-order valence-electron chi connectivity index (χ4n) is 1.78. The molecular formula is C13H14BrN3O4S2. The maximum atomic E-state index is 11.5. The van der Waals surface area contributed by atoms with E-state index in [1.807, 2.05) is 0 Å². The molecule has 2 aromatic rings. The van der Waals surface area contributed by atoms with Gasteiger partial charge in [-0.25, -0.2) is 22.0 Å². The SMILES string of the molecule is CS(=O)(=O)Nc1ccc(S(N)(=O)=O)cc1Nc1ccc(Br)cc1. The normalized spacial score (nSPS) is 12.0. The van der Waals surface area contributed by atoms with Crippen LogP contribution in [0.4, 0.5) is 17.1 Å². The minimum Gasteiger partial charge on any atom is -0.354 e. The molecule has 0 fully saturated rings. The summed E-state index contributed by atoms with van der Waals surface area (Å²) in [4.78, 5) is -0.129. The molecule has 10 heteroatoms. The summed E-state index contributed by atoms with van der Waals surface area (Å²) in [6.07, 6.45) is 1.00. The van der Waals surface area contributed by atoms with E-state index < -0.39 is 20.0 Å². The van der Waals surface area contributed by atoms with Gasteiger partial charge in [0, 0.05) is 10.2 Å². The minimum absolute atomic E-state index is 0.129. The van der Waals surface area contributed by atoms with Crippen LogP contribution in [0.3, 0.4) is 0 Å². The van der Waals surface area contributed by atoms with Crippen molar-refractivity contribution >= 4 is 53.0 Å². The molecule has 0 aliphatic rings. The van der Waals surface area contributed by atoms with Gasteiger partial charge in [-0.15, -0.1) is 0 Å². The Hall–Kier alpha value is -1.62. The summed E-state index contributed by atoms with van der Waals surface area (Å²) >= 11 is 3.31. The summed E-state index contributed by atoms with van der Waals surface area (Å²) in [5.74, 6) is 0. The summed E-state index contributed by atoms with van der Waals surface area (Å²) in [6.45, 7) is 0. The molecule has 124 valence electrons. The Balaban J connectivity index is 2.49. The lowest BCUT2D eigenvalue weighted by molar-refractivity contribution is 0.597. The van der Waals surface area contributed by atoms with Crippen molar-refractivity contribution in [1.82, 2.24) is 0 Å². The van der Waals surface area contributed by atoms with Crippen molar-refractivity contribution in [2.75, 3.05) is 16.3 Å². The van der Waals surface area contributed by atoms with E-state index >= 15 is 0 Å². The molecule has 0 bridgehead atoms. The van der Waals surface area contributed by atoms with Gasteiger partial charge in [-0.05, 0) is 42.5 Å². The van der Waals surface area contributed by atoms with Crippen LogP contribution in [-0.4, -0.2) is 23.1 Å². The predicted octanol–water partition coefficient (Wildman–Crippen LogP) is 2.21. The van der Waals surface area contributed by atoms with E-state index in [0.717, 1.165) is 10.7 Å². The van der Waals surface area contributed by atoms with Crippen molar-refractivity contribution in [2.45, 2.75) is 4.90 Å². The van der Waals surface area contributed by atoms with E-state index in [0.29, 0.717) is 5.69 Å². The highest BCUT2D eigenvalue weighted by atomic mass is 79.9. The number of benzene rings is 2. The molecule has 0 heterocycles. The van der Waals surface area contributed by atoms with Crippen LogP contribution in [0.2, 0.25) is 0 Å². The lowest BCUT2D eigenvalue weighted by atomic mass is 10.2. The average Bonchev–Trinajstić information content (AvgIpc) is 2.40. The van der Waals surface area contributed by atoms with Gasteiger partial charge < -0.3 is 5.32 Å². The molecule has 0 spiro atoms. The summed E-state index contributed by atoms with van der Waals surface area (Å²) in [6, 6.07) is 10.9. The van der Waals surface area contributed by atoms with Crippen LogP contribution >= 0.6 is 15.9 Å². The molecule has 23 heavy (non-hydrogen) atoms. The molecule has 0 unspecified atom stereocenters. The van der Waals surface area contributed by atoms with E-state index in [4.69, 9.17) is 5.14 Å². The van der Waals surface area contributed by atoms with E-state index in [1.165, 1.54) is 18.2 Å². The van der Waals surface area contributed by atoms with Crippen molar-refractivity contribution < 1.29 is 16.8 Å². The summed E-state index contributed by atoms with van der Waals surface area (Å²) in [5.41, 5.74) is 1.13.